The third-order valence-corrected chi connectivity index (χ3v) is 5.83. The number of hydrogen-bond acceptors (Lipinski definition) is 3. The fourth-order valence-corrected chi connectivity index (χ4v) is 3.92. The van der Waals surface area contributed by atoms with Crippen LogP contribution in [0.5, 0.6) is 0 Å². The second kappa shape index (κ2) is 9.96. The fourth-order valence-electron chi connectivity index (χ4n) is 3.70. The van der Waals surface area contributed by atoms with E-state index in [4.69, 9.17) is 11.6 Å². The highest BCUT2D eigenvalue weighted by Crippen LogP contribution is 2.25. The first-order valence-electron chi connectivity index (χ1n) is 10.5. The lowest BCUT2D eigenvalue weighted by molar-refractivity contribution is -0.118. The van der Waals surface area contributed by atoms with Crippen LogP contribution in [0.1, 0.15) is 53.0 Å². The van der Waals surface area contributed by atoms with Crippen LogP contribution < -0.4 is 10.6 Å². The third kappa shape index (κ3) is 5.25. The summed E-state index contributed by atoms with van der Waals surface area (Å²) in [6.07, 6.45) is 1.98. The van der Waals surface area contributed by atoms with Crippen LogP contribution in [-0.4, -0.2) is 41.8 Å². The van der Waals surface area contributed by atoms with E-state index in [-0.39, 0.29) is 17.7 Å². The van der Waals surface area contributed by atoms with Crippen LogP contribution in [0.4, 0.5) is 5.69 Å². The first-order chi connectivity index (χ1) is 14.8. The molecule has 0 aromatic heterocycles. The monoisotopic (exact) mass is 441 g/mol. The molecule has 1 saturated heterocycles. The first kappa shape index (κ1) is 22.8. The van der Waals surface area contributed by atoms with Crippen LogP contribution in [0.2, 0.25) is 5.02 Å². The van der Waals surface area contributed by atoms with Gasteiger partial charge in [0.2, 0.25) is 5.91 Å². The summed E-state index contributed by atoms with van der Waals surface area (Å²) in [6, 6.07) is 11.3. The van der Waals surface area contributed by atoms with Crippen molar-refractivity contribution in [3.05, 3.63) is 64.2 Å². The second-order valence-corrected chi connectivity index (χ2v) is 8.57. The smallest absolute Gasteiger partial charge is 0.255 e. The molecule has 3 amide bonds. The lowest BCUT2D eigenvalue weighted by Crippen LogP contribution is -2.47. The minimum atomic E-state index is -0.793. The topological polar surface area (TPSA) is 78.5 Å². The lowest BCUT2D eigenvalue weighted by Gasteiger charge is -2.24. The average molecular weight is 442 g/mol. The zero-order valence-corrected chi connectivity index (χ0v) is 18.8. The second-order valence-electron chi connectivity index (χ2n) is 8.16. The van der Waals surface area contributed by atoms with E-state index in [0.29, 0.717) is 21.8 Å². The number of hydrogen-bond donors (Lipinski definition) is 2. The van der Waals surface area contributed by atoms with Gasteiger partial charge in [-0.1, -0.05) is 49.7 Å². The molecule has 0 aliphatic carbocycles. The summed E-state index contributed by atoms with van der Waals surface area (Å²) < 4.78 is 0. The molecular weight excluding hydrogens is 414 g/mol. The van der Waals surface area contributed by atoms with Gasteiger partial charge in [-0.25, -0.2) is 0 Å². The Morgan fingerprint density at radius 3 is 2.26 bits per heavy atom. The maximum atomic E-state index is 13.2. The Bertz CT molecular complexity index is 984. The van der Waals surface area contributed by atoms with E-state index in [2.05, 4.69) is 10.6 Å². The molecule has 1 heterocycles. The van der Waals surface area contributed by atoms with Crippen LogP contribution in [-0.2, 0) is 4.79 Å². The van der Waals surface area contributed by atoms with Gasteiger partial charge in [-0.3, -0.25) is 14.4 Å². The molecule has 6 nitrogen and oxygen atoms in total. The van der Waals surface area contributed by atoms with Gasteiger partial charge in [0.1, 0.15) is 6.04 Å². The van der Waals surface area contributed by atoms with Crippen LogP contribution >= 0.6 is 11.6 Å². The number of carbonyl (C=O) groups excluding carboxylic acids is 3. The number of carbonyl (C=O) groups is 3. The van der Waals surface area contributed by atoms with Crippen LogP contribution in [0, 0.1) is 12.8 Å². The maximum Gasteiger partial charge on any atom is 0.255 e. The molecule has 0 bridgehead atoms. The summed E-state index contributed by atoms with van der Waals surface area (Å²) in [6.45, 7) is 7.00. The van der Waals surface area contributed by atoms with Crippen molar-refractivity contribution in [3.63, 3.8) is 0 Å². The number of benzene rings is 2. The average Bonchev–Trinajstić information content (AvgIpc) is 3.27. The molecule has 2 N–H and O–H groups in total. The SMILES string of the molecule is Cc1cccc(C(=O)N2CCCC2)c1NC(=O)C(NC(=O)c1ccccc1Cl)C(C)C. The molecule has 1 aliphatic heterocycles. The number of rotatable bonds is 6. The normalized spacial score (nSPS) is 14.4. The van der Waals surface area contributed by atoms with Crippen LogP contribution in [0.15, 0.2) is 42.5 Å². The van der Waals surface area contributed by atoms with Crippen molar-refractivity contribution < 1.29 is 14.4 Å². The zero-order valence-electron chi connectivity index (χ0n) is 18.1. The van der Waals surface area contributed by atoms with Crippen molar-refractivity contribution >= 4 is 35.0 Å². The number of nitrogens with one attached hydrogen (secondary N) is 2. The van der Waals surface area contributed by atoms with Gasteiger partial charge in [0.05, 0.1) is 21.8 Å². The molecule has 1 fully saturated rings. The molecule has 2 aromatic rings. The largest absolute Gasteiger partial charge is 0.340 e. The minimum absolute atomic E-state index is 0.0855. The van der Waals surface area contributed by atoms with E-state index >= 15 is 0 Å². The van der Waals surface area contributed by atoms with E-state index < -0.39 is 11.9 Å². The molecule has 1 aliphatic rings. The van der Waals surface area contributed by atoms with Gasteiger partial charge >= 0.3 is 0 Å². The summed E-state index contributed by atoms with van der Waals surface area (Å²) >= 11 is 6.13. The predicted molar refractivity (Wildman–Crippen MR) is 122 cm³/mol. The van der Waals surface area contributed by atoms with E-state index in [0.717, 1.165) is 31.5 Å². The van der Waals surface area contributed by atoms with Gasteiger partial charge in [0.25, 0.3) is 11.8 Å². The van der Waals surface area contributed by atoms with Gasteiger partial charge in [-0.05, 0) is 49.4 Å². The predicted octanol–water partition coefficient (Wildman–Crippen LogP) is 4.28. The molecule has 1 atom stereocenters. The van der Waals surface area contributed by atoms with Gasteiger partial charge in [0, 0.05) is 13.1 Å². The quantitative estimate of drug-likeness (QED) is 0.702. The molecule has 0 spiro atoms. The van der Waals surface area contributed by atoms with Gasteiger partial charge < -0.3 is 15.5 Å². The minimum Gasteiger partial charge on any atom is -0.340 e. The third-order valence-electron chi connectivity index (χ3n) is 5.50. The van der Waals surface area contributed by atoms with E-state index in [1.165, 1.54) is 0 Å². The number of nitrogens with zero attached hydrogens (tertiary/aromatic N) is 1. The zero-order chi connectivity index (χ0) is 22.5. The Balaban J connectivity index is 1.82. The molecule has 3 rings (SSSR count). The number of anilines is 1. The van der Waals surface area contributed by atoms with Gasteiger partial charge in [-0.2, -0.15) is 0 Å². The lowest BCUT2D eigenvalue weighted by atomic mass is 10.0. The number of aryl methyl sites for hydroxylation is 1. The van der Waals surface area contributed by atoms with E-state index in [1.54, 1.807) is 30.3 Å². The molecule has 0 saturated carbocycles. The summed E-state index contributed by atoms with van der Waals surface area (Å²) in [5.74, 6) is -1.05. The van der Waals surface area contributed by atoms with Crippen molar-refractivity contribution in [2.75, 3.05) is 18.4 Å². The van der Waals surface area contributed by atoms with Crippen LogP contribution in [0.25, 0.3) is 0 Å². The number of para-hydroxylation sites is 1. The summed E-state index contributed by atoms with van der Waals surface area (Å²) in [4.78, 5) is 40.7. The standard InChI is InChI=1S/C24H28ClN3O3/c1-15(2)20(26-22(29)17-10-4-5-12-19(17)25)23(30)27-21-16(3)9-8-11-18(21)24(31)28-13-6-7-14-28/h4-5,8-12,15,20H,6-7,13-14H2,1-3H3,(H,26,29)(H,27,30). The molecule has 2 aromatic carbocycles. The van der Waals surface area contributed by atoms with Crippen molar-refractivity contribution in [3.8, 4) is 0 Å². The molecule has 1 unspecified atom stereocenters. The van der Waals surface area contributed by atoms with Crippen molar-refractivity contribution in [2.24, 2.45) is 5.92 Å². The van der Waals surface area contributed by atoms with E-state index in [9.17, 15) is 14.4 Å². The molecule has 31 heavy (non-hydrogen) atoms. The van der Waals surface area contributed by atoms with E-state index in [1.807, 2.05) is 37.8 Å². The highest BCUT2D eigenvalue weighted by Gasteiger charge is 2.28. The van der Waals surface area contributed by atoms with Crippen LogP contribution in [0.3, 0.4) is 0 Å². The number of likely N-dealkylation sites (tertiary alicyclic amines) is 1. The van der Waals surface area contributed by atoms with Crippen molar-refractivity contribution in [1.29, 1.82) is 0 Å². The van der Waals surface area contributed by atoms with Crippen molar-refractivity contribution in [2.45, 2.75) is 39.7 Å². The van der Waals surface area contributed by atoms with Gasteiger partial charge in [-0.15, -0.1) is 0 Å². The highest BCUT2D eigenvalue weighted by molar-refractivity contribution is 6.33. The molecule has 164 valence electrons. The highest BCUT2D eigenvalue weighted by atomic mass is 35.5. The number of amides is 3. The Labute approximate surface area is 188 Å². The number of halogens is 1. The first-order valence-corrected chi connectivity index (χ1v) is 10.9. The van der Waals surface area contributed by atoms with Gasteiger partial charge in [0.15, 0.2) is 0 Å². The summed E-state index contributed by atoms with van der Waals surface area (Å²) in [5, 5.41) is 6.01. The Morgan fingerprint density at radius 1 is 0.968 bits per heavy atom. The molecule has 0 radical (unpaired) electrons. The summed E-state index contributed by atoms with van der Waals surface area (Å²) in [5.41, 5.74) is 2.05. The maximum absolute atomic E-state index is 13.2. The summed E-state index contributed by atoms with van der Waals surface area (Å²) in [7, 11) is 0. The fraction of sp³-hybridized carbons (Fsp3) is 0.375. The Kier molecular flexibility index (Phi) is 7.33. The molecular formula is C24H28ClN3O3. The van der Waals surface area contributed by atoms with Crippen molar-refractivity contribution in [1.82, 2.24) is 10.2 Å². The Hall–Kier alpha value is -2.86. The molecule has 7 heteroatoms. The Morgan fingerprint density at radius 2 is 1.61 bits per heavy atom.